The number of hydrogen-bond acceptors (Lipinski definition) is 2. The fraction of sp³-hybridized carbons (Fsp3) is 0.0465. The summed E-state index contributed by atoms with van der Waals surface area (Å²) in [6, 6.07) is 55.9. The third kappa shape index (κ3) is 6.93. The van der Waals surface area contributed by atoms with E-state index in [9.17, 15) is 0 Å². The van der Waals surface area contributed by atoms with E-state index in [2.05, 4.69) is 53.5 Å². The first-order valence-corrected chi connectivity index (χ1v) is 15.4. The van der Waals surface area contributed by atoms with Crippen molar-refractivity contribution in [2.24, 2.45) is 0 Å². The molecular formula is C43H30IrNS. The van der Waals surface area contributed by atoms with Crippen molar-refractivity contribution in [2.75, 3.05) is 0 Å². The predicted molar refractivity (Wildman–Crippen MR) is 190 cm³/mol. The van der Waals surface area contributed by atoms with Crippen molar-refractivity contribution >= 4 is 31.5 Å². The number of aryl methyl sites for hydroxylation is 1. The normalized spacial score (nSPS) is 12.8. The zero-order chi connectivity index (χ0) is 34.7. The average Bonchev–Trinajstić information content (AvgIpc) is 3.55. The zero-order valence-electron chi connectivity index (χ0n) is 29.6. The Bertz CT molecular complexity index is 2390. The van der Waals surface area contributed by atoms with Gasteiger partial charge in [-0.3, -0.25) is 0 Å². The van der Waals surface area contributed by atoms with Gasteiger partial charge in [0.15, 0.2) is 0 Å². The topological polar surface area (TPSA) is 12.9 Å². The summed E-state index contributed by atoms with van der Waals surface area (Å²) in [5, 5.41) is 2.45. The summed E-state index contributed by atoms with van der Waals surface area (Å²) >= 11 is 1.75. The van der Waals surface area contributed by atoms with Gasteiger partial charge in [-0.15, -0.1) is 53.6 Å². The van der Waals surface area contributed by atoms with Crippen molar-refractivity contribution in [3.8, 4) is 33.5 Å². The average molecular weight is 790 g/mol. The number of thiophene rings is 1. The maximum Gasteiger partial charge on any atom is 3.00 e. The number of aromatic nitrogens is 1. The van der Waals surface area contributed by atoms with E-state index in [1.54, 1.807) is 11.3 Å². The van der Waals surface area contributed by atoms with Gasteiger partial charge in [0.05, 0.1) is 0 Å². The van der Waals surface area contributed by atoms with E-state index in [4.69, 9.17) is 6.85 Å². The molecule has 0 saturated carbocycles. The van der Waals surface area contributed by atoms with Crippen LogP contribution in [0, 0.1) is 25.1 Å². The molecule has 0 fully saturated rings. The van der Waals surface area contributed by atoms with Gasteiger partial charge in [-0.1, -0.05) is 95.0 Å². The zero-order valence-corrected chi connectivity index (χ0v) is 27.8. The minimum atomic E-state index is -2.20. The van der Waals surface area contributed by atoms with Crippen LogP contribution in [0.25, 0.3) is 53.7 Å². The van der Waals surface area contributed by atoms with Gasteiger partial charge < -0.3 is 4.98 Å². The van der Waals surface area contributed by atoms with E-state index in [0.717, 1.165) is 27.0 Å². The maximum atomic E-state index is 8.66. The van der Waals surface area contributed by atoms with Crippen LogP contribution >= 0.6 is 11.3 Å². The first-order chi connectivity index (χ1) is 24.2. The number of hydrogen-bond donors (Lipinski definition) is 0. The summed E-state index contributed by atoms with van der Waals surface area (Å²) < 4.78 is 42.9. The van der Waals surface area contributed by atoms with Crippen LogP contribution in [0.4, 0.5) is 0 Å². The molecule has 0 aliphatic rings. The minimum Gasteiger partial charge on any atom is -0.304 e. The molecule has 1 nitrogen and oxygen atoms in total. The Kier molecular flexibility index (Phi) is 8.11. The molecule has 0 amide bonds. The minimum absolute atomic E-state index is 0. The van der Waals surface area contributed by atoms with Crippen LogP contribution in [0.5, 0.6) is 0 Å². The van der Waals surface area contributed by atoms with Gasteiger partial charge in [-0.25, -0.2) is 11.1 Å². The van der Waals surface area contributed by atoms with E-state index < -0.39 is 13.2 Å². The van der Waals surface area contributed by atoms with Crippen LogP contribution in [-0.4, -0.2) is 4.98 Å². The maximum absolute atomic E-state index is 8.66. The van der Waals surface area contributed by atoms with Crippen LogP contribution in [0.3, 0.4) is 0 Å². The number of fused-ring (bicyclic) bond motifs is 3. The molecule has 2 aromatic heterocycles. The van der Waals surface area contributed by atoms with Crippen molar-refractivity contribution in [1.29, 1.82) is 0 Å². The summed E-state index contributed by atoms with van der Waals surface area (Å²) in [6.07, 6.45) is -0.120. The van der Waals surface area contributed by atoms with Gasteiger partial charge in [0.2, 0.25) is 0 Å². The summed E-state index contributed by atoms with van der Waals surface area (Å²) in [5.41, 5.74) is 6.49. The molecule has 3 heteroatoms. The number of nitrogens with zero attached hydrogens (tertiary/aromatic N) is 1. The van der Waals surface area contributed by atoms with Crippen molar-refractivity contribution in [3.63, 3.8) is 0 Å². The molecule has 8 aromatic rings. The Balaban J connectivity index is 0.000000178. The molecule has 0 aliphatic carbocycles. The summed E-state index contributed by atoms with van der Waals surface area (Å²) in [5.74, 6) is 0. The predicted octanol–water partition coefficient (Wildman–Crippen LogP) is 11.4. The molecule has 0 unspecified atom stereocenters. The van der Waals surface area contributed by atoms with Gasteiger partial charge in [0.1, 0.15) is 0 Å². The smallest absolute Gasteiger partial charge is 0.304 e. The Morgan fingerprint density at radius 1 is 0.674 bits per heavy atom. The van der Waals surface area contributed by atoms with Gasteiger partial charge in [0, 0.05) is 17.8 Å². The Labute approximate surface area is 295 Å². The molecule has 2 heterocycles. The van der Waals surface area contributed by atoms with Crippen LogP contribution in [0.2, 0.25) is 0 Å². The number of benzene rings is 6. The van der Waals surface area contributed by atoms with Gasteiger partial charge in [-0.2, -0.15) is 41.7 Å². The quantitative estimate of drug-likeness (QED) is 0.158. The van der Waals surface area contributed by atoms with Gasteiger partial charge >= 0.3 is 20.1 Å². The standard InChI is InChI=1S/C25H16S.C18H14N.Ir/c1-2-8-18(9-3-1)16-19-10-6-11-20(17-19)21-13-7-14-23-22-12-4-5-15-24(22)26-25(21)23;1-14-13-19-18(16-10-6-3-7-11-16)12-17(14)15-8-4-2-5-9-15;/h1-10,12,14-15,17H,16H2;2-10,12-13H,1H3;/q-2;-1;+3/i16D2;1D3;. The van der Waals surface area contributed by atoms with Gasteiger partial charge in [0.25, 0.3) is 0 Å². The Hall–Kier alpha value is -4.66. The van der Waals surface area contributed by atoms with Crippen molar-refractivity contribution in [2.45, 2.75) is 13.2 Å². The van der Waals surface area contributed by atoms with Crippen LogP contribution < -0.4 is 0 Å². The molecule has 0 N–H and O–H groups in total. The third-order valence-corrected chi connectivity index (χ3v) is 8.65. The molecule has 222 valence electrons. The van der Waals surface area contributed by atoms with Crippen molar-refractivity contribution < 1.29 is 27.0 Å². The number of rotatable bonds is 5. The van der Waals surface area contributed by atoms with E-state index in [-0.39, 0.29) is 25.7 Å². The van der Waals surface area contributed by atoms with E-state index in [0.29, 0.717) is 22.4 Å². The van der Waals surface area contributed by atoms with Crippen LogP contribution in [0.15, 0.2) is 152 Å². The molecule has 8 rings (SSSR count). The molecule has 6 aromatic carbocycles. The van der Waals surface area contributed by atoms with Crippen LogP contribution in [-0.2, 0) is 26.5 Å². The molecule has 0 radical (unpaired) electrons. The second-order valence-electron chi connectivity index (χ2n) is 10.4. The second-order valence-corrected chi connectivity index (χ2v) is 11.5. The molecular weight excluding hydrogens is 755 g/mol. The van der Waals surface area contributed by atoms with Crippen molar-refractivity contribution in [1.82, 2.24) is 4.98 Å². The largest absolute Gasteiger partial charge is 3.00 e. The monoisotopic (exact) mass is 790 g/mol. The molecule has 0 saturated heterocycles. The molecule has 0 spiro atoms. The molecule has 0 bridgehead atoms. The van der Waals surface area contributed by atoms with Crippen LogP contribution in [0.1, 0.15) is 23.5 Å². The van der Waals surface area contributed by atoms with E-state index >= 15 is 0 Å². The SMILES string of the molecule is [2H]C([2H])([2H])c1cnc(-c2[c-]cccc2)cc1-c1ccccc1.[2H]C([2H])(c1ccccc1)c1cc[c-]c(-c2[c-]ccc3c2sc2ccccc23)c1.[Ir+3]. The van der Waals surface area contributed by atoms with Crippen molar-refractivity contribution in [3.05, 3.63) is 187 Å². The third-order valence-electron chi connectivity index (χ3n) is 7.45. The fourth-order valence-corrected chi connectivity index (χ4v) is 6.49. The second kappa shape index (κ2) is 14.6. The first-order valence-electron chi connectivity index (χ1n) is 17.1. The summed E-state index contributed by atoms with van der Waals surface area (Å²) in [4.78, 5) is 4.31. The fourth-order valence-electron chi connectivity index (χ4n) is 5.28. The molecule has 0 aliphatic heterocycles. The first kappa shape index (κ1) is 25.5. The summed E-state index contributed by atoms with van der Waals surface area (Å²) in [6.45, 7) is -2.20. The summed E-state index contributed by atoms with van der Waals surface area (Å²) in [7, 11) is 0. The van der Waals surface area contributed by atoms with E-state index in [1.807, 2.05) is 115 Å². The number of pyridine rings is 1. The van der Waals surface area contributed by atoms with E-state index in [1.165, 1.54) is 21.7 Å². The Morgan fingerprint density at radius 2 is 1.41 bits per heavy atom. The molecule has 0 atom stereocenters. The van der Waals surface area contributed by atoms with Gasteiger partial charge in [-0.05, 0) is 52.6 Å². The Morgan fingerprint density at radius 3 is 2.22 bits per heavy atom. The molecule has 46 heavy (non-hydrogen) atoms.